The molecule has 0 saturated heterocycles. The first-order chi connectivity index (χ1) is 23.6. The Morgan fingerprint density at radius 2 is 0.854 bits per heavy atom. The molecule has 0 rings (SSSR count). The van der Waals surface area contributed by atoms with Crippen molar-refractivity contribution in [2.45, 2.75) is 238 Å². The van der Waals surface area contributed by atoms with Crippen molar-refractivity contribution in [1.82, 2.24) is 5.32 Å². The van der Waals surface area contributed by atoms with Crippen LogP contribution in [0.25, 0.3) is 0 Å². The Balaban J connectivity index is 3.66. The van der Waals surface area contributed by atoms with E-state index in [2.05, 4.69) is 31.3 Å². The molecule has 0 aromatic rings. The molecular weight excluding hydrogens is 594 g/mol. The molecular formula is C43H83NO4. The molecule has 0 aromatic carbocycles. The van der Waals surface area contributed by atoms with Crippen LogP contribution < -0.4 is 5.32 Å². The van der Waals surface area contributed by atoms with Gasteiger partial charge in [0.2, 0.25) is 5.91 Å². The lowest BCUT2D eigenvalue weighted by Gasteiger charge is -2.21. The van der Waals surface area contributed by atoms with Crippen LogP contribution in [0.2, 0.25) is 0 Å². The molecule has 284 valence electrons. The van der Waals surface area contributed by atoms with Gasteiger partial charge in [0.1, 0.15) is 6.10 Å². The van der Waals surface area contributed by atoms with E-state index < -0.39 is 24.2 Å². The van der Waals surface area contributed by atoms with E-state index in [0.717, 1.165) is 38.5 Å². The summed E-state index contributed by atoms with van der Waals surface area (Å²) < 4.78 is 0. The predicted octanol–water partition coefficient (Wildman–Crippen LogP) is 11.8. The van der Waals surface area contributed by atoms with Gasteiger partial charge in [-0.25, -0.2) is 0 Å². The average Bonchev–Trinajstić information content (AvgIpc) is 3.09. The lowest BCUT2D eigenvalue weighted by atomic mass is 10.0. The molecule has 0 aromatic heterocycles. The molecule has 0 aliphatic heterocycles. The van der Waals surface area contributed by atoms with E-state index in [0.29, 0.717) is 6.42 Å². The minimum atomic E-state index is -1.10. The highest BCUT2D eigenvalue weighted by molar-refractivity contribution is 5.80. The normalized spacial score (nSPS) is 13.9. The fourth-order valence-corrected chi connectivity index (χ4v) is 6.44. The number of aliphatic hydroxyl groups is 3. The molecule has 0 fully saturated rings. The van der Waals surface area contributed by atoms with Gasteiger partial charge in [0.25, 0.3) is 0 Å². The molecule has 0 radical (unpaired) electrons. The number of allylic oxidation sites excluding steroid dienone is 3. The number of amides is 1. The number of unbranched alkanes of at least 4 members (excludes halogenated alkanes) is 28. The molecule has 0 saturated carbocycles. The van der Waals surface area contributed by atoms with Crippen molar-refractivity contribution in [3.63, 3.8) is 0 Å². The minimum absolute atomic E-state index is 0.373. The van der Waals surface area contributed by atoms with Gasteiger partial charge < -0.3 is 20.6 Å². The fraction of sp³-hybridized carbons (Fsp3) is 0.884. The van der Waals surface area contributed by atoms with Gasteiger partial charge in [-0.1, -0.05) is 212 Å². The average molecular weight is 678 g/mol. The Kier molecular flexibility index (Phi) is 37.7. The highest BCUT2D eigenvalue weighted by Gasteiger charge is 2.22. The van der Waals surface area contributed by atoms with E-state index in [9.17, 15) is 20.1 Å². The first kappa shape index (κ1) is 46.8. The van der Waals surface area contributed by atoms with E-state index in [4.69, 9.17) is 0 Å². The molecule has 0 aliphatic carbocycles. The van der Waals surface area contributed by atoms with Crippen molar-refractivity contribution in [3.05, 3.63) is 24.3 Å². The molecule has 5 heteroatoms. The maximum atomic E-state index is 12.4. The number of carbonyl (C=O) groups excluding carboxylic acids is 1. The molecule has 48 heavy (non-hydrogen) atoms. The lowest BCUT2D eigenvalue weighted by molar-refractivity contribution is -0.131. The van der Waals surface area contributed by atoms with Crippen LogP contribution in [0.4, 0.5) is 0 Å². The van der Waals surface area contributed by atoms with Crippen molar-refractivity contribution >= 4 is 5.91 Å². The second-order valence-electron chi connectivity index (χ2n) is 14.6. The van der Waals surface area contributed by atoms with Gasteiger partial charge in [-0.15, -0.1) is 0 Å². The second kappa shape index (κ2) is 38.6. The monoisotopic (exact) mass is 678 g/mol. The third kappa shape index (κ3) is 33.3. The third-order valence-corrected chi connectivity index (χ3v) is 9.79. The van der Waals surface area contributed by atoms with Gasteiger partial charge in [0.15, 0.2) is 0 Å². The van der Waals surface area contributed by atoms with E-state index in [1.54, 1.807) is 6.08 Å². The smallest absolute Gasteiger partial charge is 0.249 e. The summed E-state index contributed by atoms with van der Waals surface area (Å²) in [5.74, 6) is -0.511. The minimum Gasteiger partial charge on any atom is -0.394 e. The summed E-state index contributed by atoms with van der Waals surface area (Å²) in [6.45, 7) is 4.16. The summed E-state index contributed by atoms with van der Waals surface area (Å²) >= 11 is 0. The van der Waals surface area contributed by atoms with E-state index >= 15 is 0 Å². The summed E-state index contributed by atoms with van der Waals surface area (Å²) in [7, 11) is 0. The number of nitrogens with one attached hydrogen (secondary N) is 1. The Morgan fingerprint density at radius 3 is 1.27 bits per heavy atom. The van der Waals surface area contributed by atoms with E-state index in [-0.39, 0.29) is 6.61 Å². The molecule has 0 aliphatic rings. The van der Waals surface area contributed by atoms with Gasteiger partial charge in [0, 0.05) is 0 Å². The molecule has 5 nitrogen and oxygen atoms in total. The van der Waals surface area contributed by atoms with Gasteiger partial charge in [-0.3, -0.25) is 4.79 Å². The van der Waals surface area contributed by atoms with Crippen LogP contribution >= 0.6 is 0 Å². The fourth-order valence-electron chi connectivity index (χ4n) is 6.44. The third-order valence-electron chi connectivity index (χ3n) is 9.79. The zero-order valence-corrected chi connectivity index (χ0v) is 32.1. The standard InChI is InChI=1S/C43H83NO4/c1-3-5-7-9-11-13-15-17-18-19-20-21-22-23-24-26-28-30-32-34-36-38-42(47)43(48)44-40(39-45)41(46)37-35-33-31-29-27-25-16-14-12-10-8-6-4-2/h27,29,35,37,40-42,45-47H,3-26,28,30-34,36,38-39H2,1-2H3,(H,44,48). The predicted molar refractivity (Wildman–Crippen MR) is 208 cm³/mol. The topological polar surface area (TPSA) is 89.8 Å². The Bertz CT molecular complexity index is 709. The van der Waals surface area contributed by atoms with Crippen molar-refractivity contribution in [3.8, 4) is 0 Å². The van der Waals surface area contributed by atoms with Crippen molar-refractivity contribution in [1.29, 1.82) is 0 Å². The highest BCUT2D eigenvalue weighted by Crippen LogP contribution is 2.16. The maximum absolute atomic E-state index is 12.4. The van der Waals surface area contributed by atoms with Crippen LogP contribution in [-0.2, 0) is 4.79 Å². The van der Waals surface area contributed by atoms with Crippen LogP contribution in [-0.4, -0.2) is 46.1 Å². The molecule has 0 heterocycles. The largest absolute Gasteiger partial charge is 0.394 e. The summed E-state index contributed by atoms with van der Waals surface area (Å²) in [5, 5.41) is 33.0. The van der Waals surface area contributed by atoms with Crippen LogP contribution in [0.5, 0.6) is 0 Å². The van der Waals surface area contributed by atoms with Crippen molar-refractivity contribution in [2.24, 2.45) is 0 Å². The maximum Gasteiger partial charge on any atom is 0.249 e. The molecule has 3 unspecified atom stereocenters. The van der Waals surface area contributed by atoms with Crippen LogP contribution in [0, 0.1) is 0 Å². The number of rotatable bonds is 38. The molecule has 1 amide bonds. The van der Waals surface area contributed by atoms with Gasteiger partial charge in [-0.2, -0.15) is 0 Å². The van der Waals surface area contributed by atoms with Crippen LogP contribution in [0.1, 0.15) is 219 Å². The van der Waals surface area contributed by atoms with Crippen molar-refractivity contribution in [2.75, 3.05) is 6.61 Å². The molecule has 0 bridgehead atoms. The second-order valence-corrected chi connectivity index (χ2v) is 14.6. The molecule has 3 atom stereocenters. The summed E-state index contributed by atoms with van der Waals surface area (Å²) in [4.78, 5) is 12.4. The lowest BCUT2D eigenvalue weighted by Crippen LogP contribution is -2.48. The SMILES string of the molecule is CCCCCCCCCC=CCCC=CC(O)C(CO)NC(=O)C(O)CCCCCCCCCCCCCCCCCCCCCCC. The Labute approximate surface area is 299 Å². The number of aliphatic hydroxyl groups excluding tert-OH is 3. The number of carbonyl (C=O) groups is 1. The first-order valence-electron chi connectivity index (χ1n) is 21.2. The van der Waals surface area contributed by atoms with E-state index in [1.807, 2.05) is 6.08 Å². The van der Waals surface area contributed by atoms with Crippen LogP contribution in [0.15, 0.2) is 24.3 Å². The summed E-state index contributed by atoms with van der Waals surface area (Å²) in [6, 6.07) is -0.809. The molecule has 0 spiro atoms. The van der Waals surface area contributed by atoms with Crippen LogP contribution in [0.3, 0.4) is 0 Å². The quantitative estimate of drug-likeness (QED) is 0.0387. The number of hydrogen-bond acceptors (Lipinski definition) is 4. The first-order valence-corrected chi connectivity index (χ1v) is 21.2. The van der Waals surface area contributed by atoms with Gasteiger partial charge in [-0.05, 0) is 32.1 Å². The highest BCUT2D eigenvalue weighted by atomic mass is 16.3. The Morgan fingerprint density at radius 1 is 0.500 bits per heavy atom. The van der Waals surface area contributed by atoms with Gasteiger partial charge >= 0.3 is 0 Å². The number of hydrogen-bond donors (Lipinski definition) is 4. The zero-order chi connectivity index (χ0) is 35.2. The summed E-state index contributed by atoms with van der Waals surface area (Å²) in [6.07, 6.45) is 46.4. The zero-order valence-electron chi connectivity index (χ0n) is 32.1. The molecule has 4 N–H and O–H groups in total. The van der Waals surface area contributed by atoms with Gasteiger partial charge in [0.05, 0.1) is 18.8 Å². The van der Waals surface area contributed by atoms with Crippen molar-refractivity contribution < 1.29 is 20.1 Å². The summed E-state index contributed by atoms with van der Waals surface area (Å²) in [5.41, 5.74) is 0. The van der Waals surface area contributed by atoms with E-state index in [1.165, 1.54) is 161 Å². The Hall–Kier alpha value is -1.17.